The van der Waals surface area contributed by atoms with E-state index in [-0.39, 0.29) is 0 Å². The van der Waals surface area contributed by atoms with Gasteiger partial charge in [-0.3, -0.25) is 0 Å². The molecule has 0 N–H and O–H groups in total. The Hall–Kier alpha value is -1.07. The van der Waals surface area contributed by atoms with Crippen molar-refractivity contribution in [2.75, 3.05) is 24.2 Å². The predicted octanol–water partition coefficient (Wildman–Crippen LogP) is 3.85. The van der Waals surface area contributed by atoms with Gasteiger partial charge in [-0.05, 0) is 24.7 Å². The summed E-state index contributed by atoms with van der Waals surface area (Å²) in [7, 11) is 0. The van der Waals surface area contributed by atoms with Crippen LogP contribution in [0.15, 0.2) is 30.3 Å². The Morgan fingerprint density at radius 3 is 2.90 bits per heavy atom. The van der Waals surface area contributed by atoms with Gasteiger partial charge in [0.25, 0.3) is 0 Å². The van der Waals surface area contributed by atoms with Gasteiger partial charge in [0.2, 0.25) is 5.13 Å². The Bertz CT molecular complexity index is 556. The quantitative estimate of drug-likeness (QED) is 0.856. The number of hydrogen-bond donors (Lipinski definition) is 0. The number of thioether (sulfide) groups is 1. The van der Waals surface area contributed by atoms with Crippen molar-refractivity contribution in [1.29, 1.82) is 0 Å². The van der Waals surface area contributed by atoms with Gasteiger partial charge < -0.3 is 4.90 Å². The van der Waals surface area contributed by atoms with Gasteiger partial charge in [0.05, 0.1) is 0 Å². The summed E-state index contributed by atoms with van der Waals surface area (Å²) >= 11 is 3.73. The maximum Gasteiger partial charge on any atom is 0.208 e. The Morgan fingerprint density at radius 1 is 1.24 bits per heavy atom. The lowest BCUT2D eigenvalue weighted by Crippen LogP contribution is -2.29. The normalized spacial score (nSPS) is 19.5. The van der Waals surface area contributed by atoms with Crippen LogP contribution >= 0.6 is 23.1 Å². The molecule has 0 radical (unpaired) electrons. The highest BCUT2D eigenvalue weighted by molar-refractivity contribution is 7.99. The highest BCUT2D eigenvalue weighted by atomic mass is 32.2. The number of anilines is 1. The summed E-state index contributed by atoms with van der Waals surface area (Å²) in [5.41, 5.74) is 1.30. The van der Waals surface area contributed by atoms with E-state index in [0.29, 0.717) is 0 Å². The smallest absolute Gasteiger partial charge is 0.208 e. The first kappa shape index (κ1) is 14.9. The Morgan fingerprint density at radius 2 is 2.10 bits per heavy atom. The van der Waals surface area contributed by atoms with E-state index in [1.807, 2.05) is 11.8 Å². The second-order valence-electron chi connectivity index (χ2n) is 5.44. The van der Waals surface area contributed by atoms with Gasteiger partial charge in [-0.1, -0.05) is 48.1 Å². The van der Waals surface area contributed by atoms with Gasteiger partial charge in [0, 0.05) is 24.8 Å². The third-order valence-electron chi connectivity index (χ3n) is 3.89. The van der Waals surface area contributed by atoms with Crippen LogP contribution in [0, 0.1) is 0 Å². The van der Waals surface area contributed by atoms with Crippen molar-refractivity contribution in [2.45, 2.75) is 30.9 Å². The average Bonchev–Trinajstić information content (AvgIpc) is 2.84. The topological polar surface area (TPSA) is 29.0 Å². The molecule has 0 saturated carbocycles. The van der Waals surface area contributed by atoms with Crippen LogP contribution < -0.4 is 4.90 Å². The molecule has 112 valence electrons. The van der Waals surface area contributed by atoms with Crippen LogP contribution in [0.2, 0.25) is 0 Å². The molecule has 1 fully saturated rings. The molecule has 1 aromatic heterocycles. The van der Waals surface area contributed by atoms with Gasteiger partial charge in [0.1, 0.15) is 5.01 Å². The lowest BCUT2D eigenvalue weighted by Gasteiger charge is -2.22. The van der Waals surface area contributed by atoms with Crippen LogP contribution in [0.3, 0.4) is 0 Å². The van der Waals surface area contributed by atoms with E-state index >= 15 is 0 Å². The molecule has 5 heteroatoms. The minimum Gasteiger partial charge on any atom is -0.346 e. The summed E-state index contributed by atoms with van der Waals surface area (Å²) in [4.78, 5) is 2.43. The van der Waals surface area contributed by atoms with Crippen molar-refractivity contribution in [3.05, 3.63) is 40.9 Å². The zero-order chi connectivity index (χ0) is 14.5. The number of rotatable bonds is 4. The maximum absolute atomic E-state index is 4.43. The first-order chi connectivity index (χ1) is 10.3. The summed E-state index contributed by atoms with van der Waals surface area (Å²) in [6.07, 6.45) is 7.03. The van der Waals surface area contributed by atoms with Crippen LogP contribution in [0.25, 0.3) is 0 Å². The van der Waals surface area contributed by atoms with Crippen LogP contribution in [-0.2, 0) is 6.42 Å². The average molecular weight is 319 g/mol. The first-order valence-corrected chi connectivity index (χ1v) is 9.59. The van der Waals surface area contributed by atoms with Crippen LogP contribution in [0.1, 0.15) is 29.8 Å². The molecule has 2 heterocycles. The van der Waals surface area contributed by atoms with Crippen molar-refractivity contribution in [1.82, 2.24) is 10.2 Å². The summed E-state index contributed by atoms with van der Waals surface area (Å²) in [5.74, 6) is 0. The van der Waals surface area contributed by atoms with Crippen LogP contribution in [-0.4, -0.2) is 34.8 Å². The van der Waals surface area contributed by atoms with Crippen molar-refractivity contribution in [3.8, 4) is 0 Å². The molecular formula is C16H21N3S2. The Balaban J connectivity index is 1.69. The van der Waals surface area contributed by atoms with Gasteiger partial charge in [-0.25, -0.2) is 0 Å². The van der Waals surface area contributed by atoms with E-state index in [9.17, 15) is 0 Å². The van der Waals surface area contributed by atoms with E-state index in [1.165, 1.54) is 24.8 Å². The second kappa shape index (κ2) is 7.27. The zero-order valence-electron chi connectivity index (χ0n) is 12.4. The van der Waals surface area contributed by atoms with E-state index in [4.69, 9.17) is 0 Å². The molecule has 2 aromatic rings. The molecule has 1 atom stereocenters. The van der Waals surface area contributed by atoms with Crippen molar-refractivity contribution in [2.24, 2.45) is 0 Å². The predicted molar refractivity (Wildman–Crippen MR) is 92.5 cm³/mol. The number of nitrogens with zero attached hydrogens (tertiary/aromatic N) is 3. The highest BCUT2D eigenvalue weighted by Crippen LogP contribution is 2.27. The molecule has 1 saturated heterocycles. The van der Waals surface area contributed by atoms with E-state index < -0.39 is 0 Å². The molecule has 3 nitrogen and oxygen atoms in total. The van der Waals surface area contributed by atoms with Gasteiger partial charge in [0.15, 0.2) is 0 Å². The van der Waals surface area contributed by atoms with Crippen molar-refractivity contribution >= 4 is 28.2 Å². The van der Waals surface area contributed by atoms with Gasteiger partial charge in [-0.15, -0.1) is 10.2 Å². The fourth-order valence-electron chi connectivity index (χ4n) is 2.68. The minimum absolute atomic E-state index is 0.731. The number of aromatic nitrogens is 2. The SMILES string of the molecule is CSC1CCCCN(c2nnc(Cc3ccccc3)s2)C1. The standard InChI is InChI=1S/C16H21N3S2/c1-20-14-9-5-6-10-19(12-14)16-18-17-15(21-16)11-13-7-3-2-4-8-13/h2-4,7-8,14H,5-6,9-12H2,1H3. The lowest BCUT2D eigenvalue weighted by molar-refractivity contribution is 0.736. The molecule has 0 aliphatic carbocycles. The van der Waals surface area contributed by atoms with Crippen LogP contribution in [0.4, 0.5) is 5.13 Å². The monoisotopic (exact) mass is 319 g/mol. The van der Waals surface area contributed by atoms with Gasteiger partial charge >= 0.3 is 0 Å². The zero-order valence-corrected chi connectivity index (χ0v) is 14.0. The number of benzene rings is 1. The Labute approximate surface area is 134 Å². The third kappa shape index (κ3) is 3.98. The summed E-state index contributed by atoms with van der Waals surface area (Å²) in [5, 5.41) is 11.8. The first-order valence-electron chi connectivity index (χ1n) is 7.49. The molecule has 0 spiro atoms. The molecule has 1 aliphatic heterocycles. The third-order valence-corrected chi connectivity index (χ3v) is 5.92. The maximum atomic E-state index is 4.43. The van der Waals surface area contributed by atoms with Crippen LogP contribution in [0.5, 0.6) is 0 Å². The largest absolute Gasteiger partial charge is 0.346 e. The Kier molecular flexibility index (Phi) is 5.14. The minimum atomic E-state index is 0.731. The van der Waals surface area contributed by atoms with Crippen molar-refractivity contribution < 1.29 is 0 Å². The summed E-state index contributed by atoms with van der Waals surface area (Å²) in [6, 6.07) is 10.5. The lowest BCUT2D eigenvalue weighted by atomic mass is 10.2. The fourth-order valence-corrected chi connectivity index (χ4v) is 4.32. The molecule has 0 amide bonds. The van der Waals surface area contributed by atoms with Gasteiger partial charge in [-0.2, -0.15) is 11.8 Å². The second-order valence-corrected chi connectivity index (χ2v) is 7.62. The summed E-state index contributed by atoms with van der Waals surface area (Å²) in [6.45, 7) is 2.23. The van der Waals surface area contributed by atoms with Crippen molar-refractivity contribution in [3.63, 3.8) is 0 Å². The van der Waals surface area contributed by atoms with E-state index in [2.05, 4.69) is 51.7 Å². The summed E-state index contributed by atoms with van der Waals surface area (Å²) < 4.78 is 0. The molecule has 3 rings (SSSR count). The van der Waals surface area contributed by atoms with E-state index in [0.717, 1.165) is 34.9 Å². The van der Waals surface area contributed by atoms with E-state index in [1.54, 1.807) is 11.3 Å². The molecule has 21 heavy (non-hydrogen) atoms. The fraction of sp³-hybridized carbons (Fsp3) is 0.500. The molecule has 1 aromatic carbocycles. The molecule has 1 aliphatic rings. The molecule has 1 unspecified atom stereocenters. The molecule has 0 bridgehead atoms. The number of hydrogen-bond acceptors (Lipinski definition) is 5. The highest BCUT2D eigenvalue weighted by Gasteiger charge is 2.20. The molecular weight excluding hydrogens is 298 g/mol.